The zero-order chi connectivity index (χ0) is 14.0. The summed E-state index contributed by atoms with van der Waals surface area (Å²) in [5.41, 5.74) is 2.11. The lowest BCUT2D eigenvalue weighted by Gasteiger charge is -2.07. The largest absolute Gasteiger partial charge is 0.302 e. The lowest BCUT2D eigenvalue weighted by Crippen LogP contribution is -2.15. The zero-order valence-electron chi connectivity index (χ0n) is 10.3. The van der Waals surface area contributed by atoms with Crippen LogP contribution in [0.4, 0.5) is 5.13 Å². The van der Waals surface area contributed by atoms with Crippen LogP contribution in [0.5, 0.6) is 0 Å². The van der Waals surface area contributed by atoms with Gasteiger partial charge in [-0.25, -0.2) is 9.97 Å². The van der Waals surface area contributed by atoms with Crippen molar-refractivity contribution in [2.75, 3.05) is 5.32 Å². The summed E-state index contributed by atoms with van der Waals surface area (Å²) >= 11 is 13.4. The van der Waals surface area contributed by atoms with E-state index in [9.17, 15) is 4.79 Å². The van der Waals surface area contributed by atoms with Crippen molar-refractivity contribution in [3.8, 4) is 0 Å². The zero-order valence-corrected chi connectivity index (χ0v) is 12.7. The number of rotatable bonds is 3. The Hall–Kier alpha value is -1.17. The van der Waals surface area contributed by atoms with Crippen molar-refractivity contribution in [3.05, 3.63) is 38.6 Å². The van der Waals surface area contributed by atoms with E-state index < -0.39 is 0 Å². The van der Waals surface area contributed by atoms with Crippen molar-refractivity contribution in [1.82, 2.24) is 9.97 Å². The number of nitrogens with zero attached hydrogens (tertiary/aromatic N) is 2. The average molecular weight is 316 g/mol. The van der Waals surface area contributed by atoms with Crippen molar-refractivity contribution in [2.24, 2.45) is 0 Å². The molecule has 2 aromatic heterocycles. The topological polar surface area (TPSA) is 54.9 Å². The fourth-order valence-electron chi connectivity index (χ4n) is 1.52. The number of thiazole rings is 1. The molecule has 19 heavy (non-hydrogen) atoms. The van der Waals surface area contributed by atoms with Crippen LogP contribution < -0.4 is 5.32 Å². The third-order valence-electron chi connectivity index (χ3n) is 2.35. The first-order valence-corrected chi connectivity index (χ1v) is 7.13. The van der Waals surface area contributed by atoms with Crippen molar-refractivity contribution in [2.45, 2.75) is 20.3 Å². The minimum absolute atomic E-state index is 0.0730. The fourth-order valence-corrected chi connectivity index (χ4v) is 2.89. The molecule has 0 atom stereocenters. The molecule has 0 saturated carbocycles. The molecule has 0 aromatic carbocycles. The highest BCUT2D eigenvalue weighted by Gasteiger charge is 2.14. The number of anilines is 1. The van der Waals surface area contributed by atoms with Crippen LogP contribution in [0.15, 0.2) is 11.4 Å². The summed E-state index contributed by atoms with van der Waals surface area (Å²) in [4.78, 5) is 20.1. The quantitative estimate of drug-likeness (QED) is 0.880. The van der Waals surface area contributed by atoms with Crippen molar-refractivity contribution >= 4 is 45.6 Å². The smallest absolute Gasteiger partial charge is 0.230 e. The van der Waals surface area contributed by atoms with Crippen LogP contribution in [0.1, 0.15) is 17.0 Å². The van der Waals surface area contributed by atoms with E-state index in [0.29, 0.717) is 15.7 Å². The summed E-state index contributed by atoms with van der Waals surface area (Å²) in [6.07, 6.45) is 0.0730. The van der Waals surface area contributed by atoms with Gasteiger partial charge in [0.1, 0.15) is 5.15 Å². The number of aryl methyl sites for hydroxylation is 2. The second-order valence-electron chi connectivity index (χ2n) is 4.03. The number of hydrogen-bond donors (Lipinski definition) is 1. The van der Waals surface area contributed by atoms with Gasteiger partial charge in [-0.3, -0.25) is 4.79 Å². The fraction of sp³-hybridized carbons (Fsp3) is 0.250. The molecule has 0 unspecified atom stereocenters. The van der Waals surface area contributed by atoms with Gasteiger partial charge in [0, 0.05) is 21.7 Å². The maximum atomic E-state index is 11.9. The van der Waals surface area contributed by atoms with E-state index in [-0.39, 0.29) is 17.5 Å². The van der Waals surface area contributed by atoms with Gasteiger partial charge in [0.15, 0.2) is 5.13 Å². The number of amides is 1. The van der Waals surface area contributed by atoms with Crippen LogP contribution in [0.2, 0.25) is 10.2 Å². The molecule has 4 nitrogen and oxygen atoms in total. The normalized spacial score (nSPS) is 10.5. The maximum Gasteiger partial charge on any atom is 0.230 e. The van der Waals surface area contributed by atoms with Gasteiger partial charge in [-0.2, -0.15) is 0 Å². The first-order valence-electron chi connectivity index (χ1n) is 5.49. The minimum atomic E-state index is -0.219. The van der Waals surface area contributed by atoms with Crippen molar-refractivity contribution in [1.29, 1.82) is 0 Å². The third-order valence-corrected chi connectivity index (χ3v) is 3.88. The molecule has 1 amide bonds. The predicted octanol–water partition coefficient (Wildman–Crippen LogP) is 3.64. The number of nitrogens with one attached hydrogen (secondary N) is 1. The second-order valence-corrected chi connectivity index (χ2v) is 5.66. The van der Waals surface area contributed by atoms with Gasteiger partial charge in [0.2, 0.25) is 5.91 Å². The molecular formula is C12H11Cl2N3OS. The van der Waals surface area contributed by atoms with Crippen LogP contribution >= 0.6 is 34.5 Å². The van der Waals surface area contributed by atoms with Crippen LogP contribution in [-0.2, 0) is 11.2 Å². The van der Waals surface area contributed by atoms with E-state index in [1.165, 1.54) is 11.3 Å². The lowest BCUT2D eigenvalue weighted by atomic mass is 10.2. The number of aromatic nitrogens is 2. The molecule has 0 radical (unpaired) electrons. The van der Waals surface area contributed by atoms with Crippen molar-refractivity contribution < 1.29 is 4.79 Å². The molecule has 0 spiro atoms. The summed E-state index contributed by atoms with van der Waals surface area (Å²) in [5.74, 6) is -0.219. The van der Waals surface area contributed by atoms with E-state index in [2.05, 4.69) is 15.3 Å². The van der Waals surface area contributed by atoms with E-state index in [4.69, 9.17) is 23.2 Å². The van der Waals surface area contributed by atoms with Crippen molar-refractivity contribution in [3.63, 3.8) is 0 Å². The van der Waals surface area contributed by atoms with E-state index in [1.807, 2.05) is 12.3 Å². The molecule has 0 fully saturated rings. The van der Waals surface area contributed by atoms with Gasteiger partial charge < -0.3 is 5.32 Å². The monoisotopic (exact) mass is 315 g/mol. The van der Waals surface area contributed by atoms with Gasteiger partial charge in [-0.1, -0.05) is 23.2 Å². The SMILES string of the molecule is Cc1csc(NC(=O)Cc2c(Cl)cc(C)nc2Cl)n1. The molecule has 2 rings (SSSR count). The van der Waals surface area contributed by atoms with E-state index in [0.717, 1.165) is 11.4 Å². The second kappa shape index (κ2) is 5.86. The Kier molecular flexibility index (Phi) is 4.39. The average Bonchev–Trinajstić information content (AvgIpc) is 2.69. The Balaban J connectivity index is 2.11. The Morgan fingerprint density at radius 3 is 2.63 bits per heavy atom. The molecule has 7 heteroatoms. The molecule has 1 N–H and O–H groups in total. The molecule has 0 saturated heterocycles. The minimum Gasteiger partial charge on any atom is -0.302 e. The predicted molar refractivity (Wildman–Crippen MR) is 78.2 cm³/mol. The highest BCUT2D eigenvalue weighted by molar-refractivity contribution is 7.13. The van der Waals surface area contributed by atoms with Gasteiger partial charge >= 0.3 is 0 Å². The van der Waals surface area contributed by atoms with E-state index >= 15 is 0 Å². The lowest BCUT2D eigenvalue weighted by molar-refractivity contribution is -0.115. The molecule has 0 aliphatic carbocycles. The number of pyridine rings is 1. The molecule has 0 bridgehead atoms. The molecular weight excluding hydrogens is 305 g/mol. The highest BCUT2D eigenvalue weighted by Crippen LogP contribution is 2.25. The van der Waals surface area contributed by atoms with Crippen LogP contribution in [0, 0.1) is 13.8 Å². The van der Waals surface area contributed by atoms with Gasteiger partial charge in [-0.05, 0) is 19.9 Å². The Labute approximate surface area is 124 Å². The maximum absolute atomic E-state index is 11.9. The Bertz CT molecular complexity index is 604. The van der Waals surface area contributed by atoms with Crippen LogP contribution in [-0.4, -0.2) is 15.9 Å². The molecule has 0 aliphatic heterocycles. The third kappa shape index (κ3) is 3.65. The Morgan fingerprint density at radius 2 is 2.05 bits per heavy atom. The van der Waals surface area contributed by atoms with E-state index in [1.54, 1.807) is 13.0 Å². The molecule has 0 aliphatic rings. The van der Waals surface area contributed by atoms with Crippen LogP contribution in [0.3, 0.4) is 0 Å². The number of carbonyl (C=O) groups excluding carboxylic acids is 1. The first kappa shape index (κ1) is 14.2. The summed E-state index contributed by atoms with van der Waals surface area (Å²) in [5, 5.41) is 5.84. The Morgan fingerprint density at radius 1 is 1.32 bits per heavy atom. The summed E-state index contributed by atoms with van der Waals surface area (Å²) in [7, 11) is 0. The molecule has 2 heterocycles. The van der Waals surface area contributed by atoms with Crippen LogP contribution in [0.25, 0.3) is 0 Å². The summed E-state index contributed by atoms with van der Waals surface area (Å²) in [6.45, 7) is 3.66. The summed E-state index contributed by atoms with van der Waals surface area (Å²) < 4.78 is 0. The highest BCUT2D eigenvalue weighted by atomic mass is 35.5. The van der Waals surface area contributed by atoms with Gasteiger partial charge in [0.25, 0.3) is 0 Å². The van der Waals surface area contributed by atoms with Gasteiger partial charge in [0.05, 0.1) is 12.1 Å². The number of hydrogen-bond acceptors (Lipinski definition) is 4. The number of halogens is 2. The first-order chi connectivity index (χ1) is 8.95. The standard InChI is InChI=1S/C12H11Cl2N3OS/c1-6-3-9(13)8(11(14)15-6)4-10(18)17-12-16-7(2)5-19-12/h3,5H,4H2,1-2H3,(H,16,17,18). The molecule has 100 valence electrons. The summed E-state index contributed by atoms with van der Waals surface area (Å²) in [6, 6.07) is 1.68. The van der Waals surface area contributed by atoms with Gasteiger partial charge in [-0.15, -0.1) is 11.3 Å². The molecule has 2 aromatic rings. The number of carbonyl (C=O) groups is 1.